The normalized spacial score (nSPS) is 20.9. The van der Waals surface area contributed by atoms with Crippen LogP contribution in [0.4, 0.5) is 0 Å². The quantitative estimate of drug-likeness (QED) is 0.677. The molecular weight excluding hydrogens is 174 g/mol. The molecule has 12 heavy (non-hydrogen) atoms. The third-order valence-corrected chi connectivity index (χ3v) is 3.31. The molecule has 1 heterocycles. The Balaban J connectivity index is 2.43. The standard InChI is InChI=1S/C8H9NO2S/c9-8(11)7-3-4-5(10)1-2-6(4)12-7/h3,5,10H,1-2H2,(H2,9,11). The van der Waals surface area contributed by atoms with Crippen LogP contribution in [0.2, 0.25) is 0 Å². The number of carbonyl (C=O) groups is 1. The van der Waals surface area contributed by atoms with Crippen molar-refractivity contribution in [2.45, 2.75) is 18.9 Å². The number of fused-ring (bicyclic) bond motifs is 1. The number of aliphatic hydroxyl groups excluding tert-OH is 1. The fourth-order valence-corrected chi connectivity index (χ4v) is 2.55. The van der Waals surface area contributed by atoms with Gasteiger partial charge >= 0.3 is 0 Å². The summed E-state index contributed by atoms with van der Waals surface area (Å²) in [6.07, 6.45) is 1.26. The number of amides is 1. The Labute approximate surface area is 73.8 Å². The molecule has 1 atom stereocenters. The number of aryl methyl sites for hydroxylation is 1. The highest BCUT2D eigenvalue weighted by Crippen LogP contribution is 2.36. The average Bonchev–Trinajstić information content (AvgIpc) is 2.53. The minimum atomic E-state index is -0.401. The Bertz CT molecular complexity index is 332. The van der Waals surface area contributed by atoms with Gasteiger partial charge in [0.2, 0.25) is 0 Å². The van der Waals surface area contributed by atoms with Gasteiger partial charge in [0.05, 0.1) is 11.0 Å². The summed E-state index contributed by atoms with van der Waals surface area (Å²) < 4.78 is 0. The van der Waals surface area contributed by atoms with E-state index in [1.54, 1.807) is 6.07 Å². The van der Waals surface area contributed by atoms with Crippen molar-refractivity contribution in [1.82, 2.24) is 0 Å². The maximum absolute atomic E-state index is 10.8. The van der Waals surface area contributed by atoms with Crippen molar-refractivity contribution in [2.24, 2.45) is 5.73 Å². The van der Waals surface area contributed by atoms with Gasteiger partial charge in [0, 0.05) is 4.88 Å². The number of carbonyl (C=O) groups excluding carboxylic acids is 1. The molecule has 3 N–H and O–H groups in total. The second-order valence-electron chi connectivity index (χ2n) is 2.91. The van der Waals surface area contributed by atoms with Crippen molar-refractivity contribution in [3.8, 4) is 0 Å². The summed E-state index contributed by atoms with van der Waals surface area (Å²) in [5.41, 5.74) is 6.01. The van der Waals surface area contributed by atoms with Gasteiger partial charge in [-0.25, -0.2) is 0 Å². The van der Waals surface area contributed by atoms with Crippen LogP contribution in [-0.4, -0.2) is 11.0 Å². The highest BCUT2D eigenvalue weighted by atomic mass is 32.1. The van der Waals surface area contributed by atoms with E-state index in [9.17, 15) is 9.90 Å². The molecule has 0 radical (unpaired) electrons. The van der Waals surface area contributed by atoms with E-state index in [1.165, 1.54) is 11.3 Å². The molecule has 1 aromatic rings. The molecule has 4 heteroatoms. The molecule has 0 bridgehead atoms. The van der Waals surface area contributed by atoms with Gasteiger partial charge < -0.3 is 10.8 Å². The minimum absolute atomic E-state index is 0.385. The number of primary amides is 1. The zero-order chi connectivity index (χ0) is 8.72. The van der Waals surface area contributed by atoms with Crippen molar-refractivity contribution in [1.29, 1.82) is 0 Å². The number of hydrogen-bond donors (Lipinski definition) is 2. The van der Waals surface area contributed by atoms with Gasteiger partial charge in [0.25, 0.3) is 5.91 Å². The fraction of sp³-hybridized carbons (Fsp3) is 0.375. The molecule has 0 saturated carbocycles. The molecule has 1 unspecified atom stereocenters. The molecule has 2 rings (SSSR count). The Morgan fingerprint density at radius 3 is 3.08 bits per heavy atom. The molecule has 0 spiro atoms. The minimum Gasteiger partial charge on any atom is -0.388 e. The summed E-state index contributed by atoms with van der Waals surface area (Å²) in [7, 11) is 0. The van der Waals surface area contributed by atoms with E-state index >= 15 is 0 Å². The second kappa shape index (κ2) is 2.57. The molecule has 0 saturated heterocycles. The van der Waals surface area contributed by atoms with Gasteiger partial charge in [-0.05, 0) is 24.5 Å². The van der Waals surface area contributed by atoms with E-state index in [0.29, 0.717) is 4.88 Å². The molecule has 1 aromatic heterocycles. The fourth-order valence-electron chi connectivity index (χ4n) is 1.46. The monoisotopic (exact) mass is 183 g/mol. The zero-order valence-corrected chi connectivity index (χ0v) is 7.23. The van der Waals surface area contributed by atoms with Gasteiger partial charge in [0.1, 0.15) is 0 Å². The summed E-state index contributed by atoms with van der Waals surface area (Å²) in [5.74, 6) is -0.401. The van der Waals surface area contributed by atoms with Crippen molar-refractivity contribution in [3.05, 3.63) is 21.4 Å². The molecule has 0 aromatic carbocycles. The summed E-state index contributed by atoms with van der Waals surface area (Å²) in [6, 6.07) is 1.71. The molecule has 0 aliphatic heterocycles. The third kappa shape index (κ3) is 1.04. The highest BCUT2D eigenvalue weighted by Gasteiger charge is 2.24. The predicted molar refractivity (Wildman–Crippen MR) is 46.1 cm³/mol. The Kier molecular flexibility index (Phi) is 1.66. The lowest BCUT2D eigenvalue weighted by Crippen LogP contribution is -2.08. The summed E-state index contributed by atoms with van der Waals surface area (Å²) >= 11 is 1.40. The SMILES string of the molecule is NC(=O)c1cc2c(s1)CCC2O. The number of nitrogens with two attached hydrogens (primary N) is 1. The summed E-state index contributed by atoms with van der Waals surface area (Å²) in [4.78, 5) is 12.4. The average molecular weight is 183 g/mol. The van der Waals surface area contributed by atoms with Gasteiger partial charge in [-0.15, -0.1) is 11.3 Å². The first-order chi connectivity index (χ1) is 5.68. The first-order valence-corrected chi connectivity index (χ1v) is 4.60. The van der Waals surface area contributed by atoms with Crippen LogP contribution in [0.1, 0.15) is 32.6 Å². The van der Waals surface area contributed by atoms with Gasteiger partial charge in [-0.1, -0.05) is 0 Å². The van der Waals surface area contributed by atoms with Crippen LogP contribution in [0, 0.1) is 0 Å². The van der Waals surface area contributed by atoms with Gasteiger partial charge in [-0.3, -0.25) is 4.79 Å². The number of aliphatic hydroxyl groups is 1. The van der Waals surface area contributed by atoms with E-state index < -0.39 is 5.91 Å². The van der Waals surface area contributed by atoms with Crippen LogP contribution in [0.25, 0.3) is 0 Å². The molecule has 1 aliphatic rings. The molecule has 0 fully saturated rings. The van der Waals surface area contributed by atoms with E-state index in [2.05, 4.69) is 0 Å². The van der Waals surface area contributed by atoms with E-state index in [1.807, 2.05) is 0 Å². The van der Waals surface area contributed by atoms with Crippen molar-refractivity contribution in [2.75, 3.05) is 0 Å². The molecule has 3 nitrogen and oxygen atoms in total. The van der Waals surface area contributed by atoms with Crippen LogP contribution >= 0.6 is 11.3 Å². The number of rotatable bonds is 1. The predicted octanol–water partition coefficient (Wildman–Crippen LogP) is 0.827. The molecule has 64 valence electrons. The Hall–Kier alpha value is -0.870. The molecule has 1 amide bonds. The zero-order valence-electron chi connectivity index (χ0n) is 6.41. The van der Waals surface area contributed by atoms with Crippen LogP contribution < -0.4 is 5.73 Å². The maximum atomic E-state index is 10.8. The molecule has 1 aliphatic carbocycles. The van der Waals surface area contributed by atoms with Crippen molar-refractivity contribution < 1.29 is 9.90 Å². The van der Waals surface area contributed by atoms with E-state index in [-0.39, 0.29) is 6.10 Å². The van der Waals surface area contributed by atoms with E-state index in [4.69, 9.17) is 5.73 Å². The Morgan fingerprint density at radius 2 is 2.50 bits per heavy atom. The lowest BCUT2D eigenvalue weighted by molar-refractivity contribution is 0.100. The summed E-state index contributed by atoms with van der Waals surface area (Å²) in [6.45, 7) is 0. The van der Waals surface area contributed by atoms with E-state index in [0.717, 1.165) is 23.3 Å². The van der Waals surface area contributed by atoms with Crippen molar-refractivity contribution in [3.63, 3.8) is 0 Å². The third-order valence-electron chi connectivity index (χ3n) is 2.09. The van der Waals surface area contributed by atoms with Gasteiger partial charge in [-0.2, -0.15) is 0 Å². The number of hydrogen-bond acceptors (Lipinski definition) is 3. The summed E-state index contributed by atoms with van der Waals surface area (Å²) in [5, 5.41) is 9.43. The van der Waals surface area contributed by atoms with Crippen molar-refractivity contribution >= 4 is 17.2 Å². The Morgan fingerprint density at radius 1 is 1.75 bits per heavy atom. The largest absolute Gasteiger partial charge is 0.388 e. The first kappa shape index (κ1) is 7.76. The lowest BCUT2D eigenvalue weighted by atomic mass is 10.2. The molecular formula is C8H9NO2S. The highest BCUT2D eigenvalue weighted by molar-refractivity contribution is 7.14. The van der Waals surface area contributed by atoms with Crippen LogP contribution in [-0.2, 0) is 6.42 Å². The first-order valence-electron chi connectivity index (χ1n) is 3.79. The lowest BCUT2D eigenvalue weighted by Gasteiger charge is -1.97. The van der Waals surface area contributed by atoms with Crippen LogP contribution in [0.15, 0.2) is 6.07 Å². The number of thiophene rings is 1. The van der Waals surface area contributed by atoms with Crippen LogP contribution in [0.3, 0.4) is 0 Å². The van der Waals surface area contributed by atoms with Crippen LogP contribution in [0.5, 0.6) is 0 Å². The topological polar surface area (TPSA) is 63.3 Å². The smallest absolute Gasteiger partial charge is 0.258 e. The van der Waals surface area contributed by atoms with Gasteiger partial charge in [0.15, 0.2) is 0 Å². The second-order valence-corrected chi connectivity index (χ2v) is 4.04. The maximum Gasteiger partial charge on any atom is 0.258 e.